The molecule has 2 aromatic rings. The summed E-state index contributed by atoms with van der Waals surface area (Å²) in [6, 6.07) is 5.91. The van der Waals surface area contributed by atoms with Gasteiger partial charge in [-0.15, -0.1) is 0 Å². The highest BCUT2D eigenvalue weighted by atomic mass is 79.9. The van der Waals surface area contributed by atoms with Gasteiger partial charge in [-0.1, -0.05) is 0 Å². The van der Waals surface area contributed by atoms with Crippen molar-refractivity contribution in [1.29, 1.82) is 0 Å². The number of benzene rings is 1. The van der Waals surface area contributed by atoms with Crippen molar-refractivity contribution in [2.45, 2.75) is 6.54 Å². The van der Waals surface area contributed by atoms with Gasteiger partial charge >= 0.3 is 0 Å². The molecule has 0 aliphatic rings. The third-order valence-electron chi connectivity index (χ3n) is 2.09. The van der Waals surface area contributed by atoms with E-state index in [4.69, 9.17) is 9.52 Å². The quantitative estimate of drug-likeness (QED) is 0.849. The van der Waals surface area contributed by atoms with Crippen molar-refractivity contribution in [1.82, 2.24) is 0 Å². The van der Waals surface area contributed by atoms with E-state index in [2.05, 4.69) is 21.2 Å². The van der Waals surface area contributed by atoms with Crippen LogP contribution in [0.25, 0.3) is 0 Å². The number of hydrogen-bond acceptors (Lipinski definition) is 3. The van der Waals surface area contributed by atoms with Gasteiger partial charge in [0.2, 0.25) is 0 Å². The molecule has 0 amide bonds. The molecule has 0 unspecified atom stereocenters. The molecule has 0 saturated heterocycles. The maximum Gasteiger partial charge on any atom is 0.166 e. The predicted molar refractivity (Wildman–Crippen MR) is 61.8 cm³/mol. The largest absolute Gasteiger partial charge is 0.505 e. The molecule has 3 nitrogen and oxygen atoms in total. The summed E-state index contributed by atoms with van der Waals surface area (Å²) in [4.78, 5) is 0. The van der Waals surface area contributed by atoms with Crippen LogP contribution in [0.5, 0.6) is 5.75 Å². The van der Waals surface area contributed by atoms with Crippen molar-refractivity contribution < 1.29 is 13.9 Å². The molecule has 0 atom stereocenters. The SMILES string of the molecule is Oc1ccc(NCc2occc2Br)cc1F. The minimum Gasteiger partial charge on any atom is -0.505 e. The van der Waals surface area contributed by atoms with Gasteiger partial charge in [0.05, 0.1) is 17.3 Å². The van der Waals surface area contributed by atoms with E-state index in [1.165, 1.54) is 12.1 Å². The lowest BCUT2D eigenvalue weighted by Crippen LogP contribution is -1.98. The topological polar surface area (TPSA) is 45.4 Å². The highest BCUT2D eigenvalue weighted by Gasteiger charge is 2.04. The average molecular weight is 286 g/mol. The number of phenolic OH excluding ortho intramolecular Hbond substituents is 1. The molecule has 0 bridgehead atoms. The van der Waals surface area contributed by atoms with Gasteiger partial charge in [0, 0.05) is 11.8 Å². The summed E-state index contributed by atoms with van der Waals surface area (Å²) >= 11 is 3.32. The first kappa shape index (κ1) is 11.0. The fourth-order valence-electron chi connectivity index (χ4n) is 1.25. The van der Waals surface area contributed by atoms with Crippen LogP contribution in [-0.4, -0.2) is 5.11 Å². The monoisotopic (exact) mass is 285 g/mol. The van der Waals surface area contributed by atoms with E-state index in [0.717, 1.165) is 10.2 Å². The molecule has 16 heavy (non-hydrogen) atoms. The number of hydrogen-bond donors (Lipinski definition) is 2. The number of rotatable bonds is 3. The fourth-order valence-corrected chi connectivity index (χ4v) is 1.59. The molecule has 5 heteroatoms. The third-order valence-corrected chi connectivity index (χ3v) is 2.80. The Balaban J connectivity index is 2.05. The molecule has 0 spiro atoms. The summed E-state index contributed by atoms with van der Waals surface area (Å²) in [6.07, 6.45) is 1.57. The highest BCUT2D eigenvalue weighted by Crippen LogP contribution is 2.22. The first-order valence-corrected chi connectivity index (χ1v) is 5.40. The van der Waals surface area contributed by atoms with Crippen LogP contribution in [0.3, 0.4) is 0 Å². The summed E-state index contributed by atoms with van der Waals surface area (Å²) in [6.45, 7) is 0.442. The van der Waals surface area contributed by atoms with Crippen LogP contribution in [0.15, 0.2) is 39.4 Å². The molecule has 1 aromatic heterocycles. The summed E-state index contributed by atoms with van der Waals surface area (Å²) in [5, 5.41) is 12.0. The van der Waals surface area contributed by atoms with Crippen molar-refractivity contribution >= 4 is 21.6 Å². The maximum atomic E-state index is 13.0. The Kier molecular flexibility index (Phi) is 3.14. The van der Waals surface area contributed by atoms with E-state index in [0.29, 0.717) is 12.2 Å². The molecule has 0 radical (unpaired) electrons. The van der Waals surface area contributed by atoms with Gasteiger partial charge in [0.1, 0.15) is 5.76 Å². The van der Waals surface area contributed by atoms with Crippen molar-refractivity contribution in [2.75, 3.05) is 5.32 Å². The summed E-state index contributed by atoms with van der Waals surface area (Å²) in [7, 11) is 0. The minimum absolute atomic E-state index is 0.357. The first-order valence-electron chi connectivity index (χ1n) is 4.61. The van der Waals surface area contributed by atoms with Crippen molar-refractivity contribution in [3.63, 3.8) is 0 Å². The van der Waals surface area contributed by atoms with Gasteiger partial charge in [-0.05, 0) is 34.1 Å². The van der Waals surface area contributed by atoms with E-state index in [1.54, 1.807) is 18.4 Å². The Bertz CT molecular complexity index is 498. The standard InChI is InChI=1S/C11H9BrFNO2/c12-8-3-4-16-11(8)6-14-7-1-2-10(15)9(13)5-7/h1-5,14-15H,6H2. The van der Waals surface area contributed by atoms with Crippen molar-refractivity contribution in [2.24, 2.45) is 0 Å². The van der Waals surface area contributed by atoms with Gasteiger partial charge in [0.15, 0.2) is 11.6 Å². The van der Waals surface area contributed by atoms with Crippen LogP contribution in [0, 0.1) is 5.82 Å². The molecule has 1 heterocycles. The molecule has 0 fully saturated rings. The lowest BCUT2D eigenvalue weighted by molar-refractivity contribution is 0.432. The van der Waals surface area contributed by atoms with Gasteiger partial charge < -0.3 is 14.8 Å². The van der Waals surface area contributed by atoms with Crippen molar-refractivity contribution in [3.8, 4) is 5.75 Å². The number of furan rings is 1. The second-order valence-electron chi connectivity index (χ2n) is 3.21. The zero-order valence-electron chi connectivity index (χ0n) is 8.21. The molecule has 0 saturated carbocycles. The zero-order valence-corrected chi connectivity index (χ0v) is 9.79. The highest BCUT2D eigenvalue weighted by molar-refractivity contribution is 9.10. The Morgan fingerprint density at radius 3 is 2.81 bits per heavy atom. The van der Waals surface area contributed by atoms with Gasteiger partial charge in [-0.25, -0.2) is 4.39 Å². The number of aromatic hydroxyl groups is 1. The number of halogens is 2. The predicted octanol–water partition coefficient (Wildman–Crippen LogP) is 3.50. The Labute approximate surface area is 100 Å². The second kappa shape index (κ2) is 4.57. The van der Waals surface area contributed by atoms with E-state index in [-0.39, 0.29) is 5.75 Å². The molecule has 2 N–H and O–H groups in total. The van der Waals surface area contributed by atoms with E-state index in [1.807, 2.05) is 0 Å². The van der Waals surface area contributed by atoms with Gasteiger partial charge in [0.25, 0.3) is 0 Å². The van der Waals surface area contributed by atoms with Gasteiger partial charge in [-0.3, -0.25) is 0 Å². The van der Waals surface area contributed by atoms with Crippen LogP contribution in [0.4, 0.5) is 10.1 Å². The van der Waals surface area contributed by atoms with Crippen LogP contribution in [0.1, 0.15) is 5.76 Å². The molecule has 84 valence electrons. The minimum atomic E-state index is -0.650. The smallest absolute Gasteiger partial charge is 0.166 e. The van der Waals surface area contributed by atoms with Crippen molar-refractivity contribution in [3.05, 3.63) is 46.6 Å². The molecule has 0 aliphatic heterocycles. The lowest BCUT2D eigenvalue weighted by Gasteiger charge is -2.05. The lowest BCUT2D eigenvalue weighted by atomic mass is 10.3. The second-order valence-corrected chi connectivity index (χ2v) is 4.07. The summed E-state index contributed by atoms with van der Waals surface area (Å²) in [5.41, 5.74) is 0.582. The number of phenols is 1. The van der Waals surface area contributed by atoms with Crippen LogP contribution < -0.4 is 5.32 Å². The molecule has 1 aromatic carbocycles. The third kappa shape index (κ3) is 2.36. The zero-order chi connectivity index (χ0) is 11.5. The fraction of sp³-hybridized carbons (Fsp3) is 0.0909. The molecule has 0 aliphatic carbocycles. The average Bonchev–Trinajstić information content (AvgIpc) is 2.66. The Morgan fingerprint density at radius 2 is 2.19 bits per heavy atom. The van der Waals surface area contributed by atoms with Crippen LogP contribution in [0.2, 0.25) is 0 Å². The molecular formula is C11H9BrFNO2. The van der Waals surface area contributed by atoms with E-state index < -0.39 is 5.82 Å². The maximum absolute atomic E-state index is 13.0. The van der Waals surface area contributed by atoms with Crippen LogP contribution in [-0.2, 0) is 6.54 Å². The Hall–Kier alpha value is -1.49. The van der Waals surface area contributed by atoms with Crippen LogP contribution >= 0.6 is 15.9 Å². The summed E-state index contributed by atoms with van der Waals surface area (Å²) < 4.78 is 19.0. The van der Waals surface area contributed by atoms with E-state index in [9.17, 15) is 4.39 Å². The number of anilines is 1. The first-order chi connectivity index (χ1) is 7.66. The molecule has 2 rings (SSSR count). The van der Waals surface area contributed by atoms with E-state index >= 15 is 0 Å². The number of nitrogens with one attached hydrogen (secondary N) is 1. The molecular weight excluding hydrogens is 277 g/mol. The Morgan fingerprint density at radius 1 is 1.38 bits per heavy atom. The van der Waals surface area contributed by atoms with Gasteiger partial charge in [-0.2, -0.15) is 0 Å². The normalized spacial score (nSPS) is 10.4. The summed E-state index contributed by atoms with van der Waals surface area (Å²) in [5.74, 6) is -0.276.